The minimum Gasteiger partial charge on any atom is -0.462 e. The number of carbonyl (C=O) groups excluding carboxylic acids is 4. The predicted octanol–water partition coefficient (Wildman–Crippen LogP) is 23.4. The van der Waals surface area contributed by atoms with Gasteiger partial charge < -0.3 is 33.8 Å². The van der Waals surface area contributed by atoms with Gasteiger partial charge in [-0.1, -0.05) is 276 Å². The Labute approximate surface area is 630 Å². The molecular formula is C85H142O17P2. The van der Waals surface area contributed by atoms with E-state index in [4.69, 9.17) is 37.0 Å². The Morgan fingerprint density at radius 3 is 0.837 bits per heavy atom. The van der Waals surface area contributed by atoms with Crippen molar-refractivity contribution in [1.82, 2.24) is 0 Å². The number of ether oxygens (including phenoxy) is 4. The zero-order valence-electron chi connectivity index (χ0n) is 64.9. The molecule has 0 radical (unpaired) electrons. The van der Waals surface area contributed by atoms with Gasteiger partial charge in [-0.3, -0.25) is 37.3 Å². The summed E-state index contributed by atoms with van der Waals surface area (Å²) in [6.07, 6.45) is 87.0. The normalized spacial score (nSPS) is 14.6. The van der Waals surface area contributed by atoms with Gasteiger partial charge in [0.15, 0.2) is 12.2 Å². The van der Waals surface area contributed by atoms with E-state index >= 15 is 0 Å². The standard InChI is InChI=1S/C85H142O17P2/c1-5-9-13-17-21-25-29-33-35-37-39-41-43-47-50-54-58-62-66-70-83(88)96-76-81(102-85(90)72-68-64-60-56-52-48-44-42-40-38-36-34-30-26-22-18-14-10-6-2)78-100-104(93,94)98-74-79(86)73-97-103(91,92)99-77-80(101-84(89)71-67-63-59-55-51-46-32-28-24-20-16-12-8-4)75-95-82(87)69-65-61-57-53-49-45-31-27-23-19-15-11-7-3/h9-10,13-14,21-22,25-28,31-36,39-42,47,50,58,62,79-81,86H,5-8,11-12,15-20,23-24,29-30,37-38,43-46,48-49,51-57,59-61,63-78H2,1-4H3,(H,91,92)(H,93,94)/b13-9-,14-10-,25-21-,26-22-,31-27-,32-28-,35-33-,36-34-,41-39-,42-40-,50-47-,62-58-. The number of hydrogen-bond donors (Lipinski definition) is 3. The Hall–Kier alpha value is -5.06. The first kappa shape index (κ1) is 98.9. The van der Waals surface area contributed by atoms with Crippen LogP contribution in [0.2, 0.25) is 0 Å². The van der Waals surface area contributed by atoms with Crippen molar-refractivity contribution in [2.75, 3.05) is 39.6 Å². The third kappa shape index (κ3) is 75.2. The van der Waals surface area contributed by atoms with Gasteiger partial charge >= 0.3 is 39.5 Å². The van der Waals surface area contributed by atoms with Crippen LogP contribution in [0.4, 0.5) is 0 Å². The van der Waals surface area contributed by atoms with Crippen LogP contribution in [-0.2, 0) is 65.4 Å². The molecule has 0 heterocycles. The molecule has 3 N–H and O–H groups in total. The van der Waals surface area contributed by atoms with Crippen LogP contribution in [0.1, 0.15) is 310 Å². The largest absolute Gasteiger partial charge is 0.472 e. The van der Waals surface area contributed by atoms with Crippen molar-refractivity contribution < 1.29 is 80.2 Å². The first-order chi connectivity index (χ1) is 50.7. The molecule has 594 valence electrons. The molecule has 0 aliphatic carbocycles. The predicted molar refractivity (Wildman–Crippen MR) is 427 cm³/mol. The van der Waals surface area contributed by atoms with Crippen LogP contribution in [0.5, 0.6) is 0 Å². The SMILES string of the molecule is CC/C=C\C/C=C\C/C=C\C/C=C\C/C=C\C/C=C\CCC(=O)OCC(COP(=O)(O)OCC(O)COP(=O)(O)OCC(COC(=O)CCCCCCC/C=C\CCCCCC)OC(=O)CCCCCCC/C=C\CCCCCC)OC(=O)CCCCCCCC/C=C\C/C=C\C/C=C\C/C=C\CC. The second kappa shape index (κ2) is 76.1. The minimum atomic E-state index is -5.00. The molecular weight excluding hydrogens is 1350 g/mol. The highest BCUT2D eigenvalue weighted by atomic mass is 31.2. The summed E-state index contributed by atoms with van der Waals surface area (Å²) in [5.41, 5.74) is 0. The summed E-state index contributed by atoms with van der Waals surface area (Å²) in [6, 6.07) is 0. The van der Waals surface area contributed by atoms with Crippen molar-refractivity contribution in [1.29, 1.82) is 0 Å². The van der Waals surface area contributed by atoms with E-state index in [0.717, 1.165) is 173 Å². The number of carbonyl (C=O) groups is 4. The summed E-state index contributed by atoms with van der Waals surface area (Å²) in [6.45, 7) is 4.50. The molecule has 0 aliphatic heterocycles. The highest BCUT2D eigenvalue weighted by Gasteiger charge is 2.30. The van der Waals surface area contributed by atoms with Crippen molar-refractivity contribution in [2.24, 2.45) is 0 Å². The van der Waals surface area contributed by atoms with Crippen molar-refractivity contribution in [3.05, 3.63) is 146 Å². The van der Waals surface area contributed by atoms with Crippen LogP contribution in [-0.4, -0.2) is 96.7 Å². The molecule has 0 bridgehead atoms. The lowest BCUT2D eigenvalue weighted by molar-refractivity contribution is -0.161. The molecule has 0 saturated heterocycles. The van der Waals surface area contributed by atoms with Crippen molar-refractivity contribution in [3.8, 4) is 0 Å². The molecule has 0 aromatic carbocycles. The van der Waals surface area contributed by atoms with E-state index < -0.39 is 97.5 Å². The second-order valence-electron chi connectivity index (χ2n) is 26.2. The third-order valence-electron chi connectivity index (χ3n) is 16.3. The molecule has 0 aromatic rings. The summed E-state index contributed by atoms with van der Waals surface area (Å²) in [5, 5.41) is 10.6. The Morgan fingerprint density at radius 1 is 0.279 bits per heavy atom. The van der Waals surface area contributed by atoms with Crippen molar-refractivity contribution in [3.63, 3.8) is 0 Å². The topological polar surface area (TPSA) is 237 Å². The molecule has 0 amide bonds. The van der Waals surface area contributed by atoms with E-state index in [-0.39, 0.29) is 25.7 Å². The first-order valence-electron chi connectivity index (χ1n) is 40.1. The van der Waals surface area contributed by atoms with Crippen LogP contribution >= 0.6 is 15.6 Å². The number of allylic oxidation sites excluding steroid dienone is 24. The Balaban J connectivity index is 5.45. The van der Waals surface area contributed by atoms with E-state index in [0.29, 0.717) is 32.1 Å². The van der Waals surface area contributed by atoms with Gasteiger partial charge in [0, 0.05) is 25.7 Å². The van der Waals surface area contributed by atoms with E-state index in [1.54, 1.807) is 0 Å². The summed E-state index contributed by atoms with van der Waals surface area (Å²) >= 11 is 0. The molecule has 104 heavy (non-hydrogen) atoms. The average molecular weight is 1500 g/mol. The van der Waals surface area contributed by atoms with Gasteiger partial charge in [0.25, 0.3) is 0 Å². The van der Waals surface area contributed by atoms with Crippen LogP contribution < -0.4 is 0 Å². The van der Waals surface area contributed by atoms with Crippen LogP contribution in [0.15, 0.2) is 146 Å². The summed E-state index contributed by atoms with van der Waals surface area (Å²) in [5.74, 6) is -2.31. The fourth-order valence-corrected chi connectivity index (χ4v) is 11.8. The zero-order valence-corrected chi connectivity index (χ0v) is 66.7. The molecule has 0 rings (SSSR count). The summed E-state index contributed by atoms with van der Waals surface area (Å²) in [7, 11) is -9.99. The Kier molecular flexibility index (Phi) is 72.4. The molecule has 19 heteroatoms. The van der Waals surface area contributed by atoms with Gasteiger partial charge in [0.2, 0.25) is 0 Å². The van der Waals surface area contributed by atoms with Crippen LogP contribution in [0, 0.1) is 0 Å². The second-order valence-corrected chi connectivity index (χ2v) is 29.1. The van der Waals surface area contributed by atoms with Gasteiger partial charge in [-0.25, -0.2) is 9.13 Å². The fraction of sp³-hybridized carbons (Fsp3) is 0.671. The molecule has 5 unspecified atom stereocenters. The van der Waals surface area contributed by atoms with Crippen LogP contribution in [0.3, 0.4) is 0 Å². The van der Waals surface area contributed by atoms with Gasteiger partial charge in [-0.2, -0.15) is 0 Å². The lowest BCUT2D eigenvalue weighted by Gasteiger charge is -2.21. The molecule has 0 fully saturated rings. The lowest BCUT2D eigenvalue weighted by atomic mass is 10.1. The summed E-state index contributed by atoms with van der Waals surface area (Å²) in [4.78, 5) is 73.0. The van der Waals surface area contributed by atoms with Gasteiger partial charge in [0.1, 0.15) is 19.3 Å². The number of aliphatic hydroxyl groups excluding tert-OH is 1. The molecule has 17 nitrogen and oxygen atoms in total. The van der Waals surface area contributed by atoms with E-state index in [9.17, 15) is 43.2 Å². The van der Waals surface area contributed by atoms with Crippen LogP contribution in [0.25, 0.3) is 0 Å². The number of phosphoric ester groups is 2. The lowest BCUT2D eigenvalue weighted by Crippen LogP contribution is -2.30. The summed E-state index contributed by atoms with van der Waals surface area (Å²) < 4.78 is 68.5. The molecule has 0 saturated carbocycles. The van der Waals surface area contributed by atoms with E-state index in [1.807, 2.05) is 18.2 Å². The number of hydrogen-bond acceptors (Lipinski definition) is 15. The van der Waals surface area contributed by atoms with Crippen molar-refractivity contribution in [2.45, 2.75) is 329 Å². The highest BCUT2D eigenvalue weighted by Crippen LogP contribution is 2.45. The zero-order chi connectivity index (χ0) is 76.0. The smallest absolute Gasteiger partial charge is 0.462 e. The third-order valence-corrected chi connectivity index (χ3v) is 18.2. The average Bonchev–Trinajstić information content (AvgIpc) is 0.906. The maximum atomic E-state index is 13.1. The maximum absolute atomic E-state index is 13.1. The maximum Gasteiger partial charge on any atom is 0.472 e. The van der Waals surface area contributed by atoms with E-state index in [2.05, 4.69) is 155 Å². The highest BCUT2D eigenvalue weighted by molar-refractivity contribution is 7.47. The number of aliphatic hydroxyl groups is 1. The molecule has 0 aromatic heterocycles. The number of unbranched alkanes of at least 4 members (excludes halogenated alkanes) is 24. The van der Waals surface area contributed by atoms with Gasteiger partial charge in [-0.15, -0.1) is 0 Å². The molecule has 5 atom stereocenters. The Bertz CT molecular complexity index is 2540. The minimum absolute atomic E-state index is 0.0283. The number of rotatable bonds is 74. The quantitative estimate of drug-likeness (QED) is 0.0169. The molecule has 0 aliphatic rings. The van der Waals surface area contributed by atoms with Gasteiger partial charge in [0.05, 0.1) is 26.4 Å². The number of phosphoric acid groups is 2. The van der Waals surface area contributed by atoms with Gasteiger partial charge in [-0.05, 0) is 154 Å². The first-order valence-corrected chi connectivity index (χ1v) is 43.1. The monoisotopic (exact) mass is 1500 g/mol. The molecule has 0 spiro atoms. The Morgan fingerprint density at radius 2 is 0.519 bits per heavy atom. The van der Waals surface area contributed by atoms with Crippen molar-refractivity contribution >= 4 is 39.5 Å². The fourth-order valence-electron chi connectivity index (χ4n) is 10.2. The van der Waals surface area contributed by atoms with E-state index in [1.165, 1.54) is 51.4 Å². The number of esters is 4.